The van der Waals surface area contributed by atoms with Crippen LogP contribution in [0.3, 0.4) is 0 Å². The molecule has 1 fully saturated rings. The van der Waals surface area contributed by atoms with Crippen LogP contribution in [0.5, 0.6) is 5.75 Å². The molecule has 1 saturated carbocycles. The predicted octanol–water partition coefficient (Wildman–Crippen LogP) is 4.53. The van der Waals surface area contributed by atoms with Gasteiger partial charge in [0.05, 0.1) is 18.5 Å². The highest BCUT2D eigenvalue weighted by molar-refractivity contribution is 6.16. The molecule has 0 saturated heterocycles. The smallest absolute Gasteiger partial charge is 0.146 e. The second-order valence-electron chi connectivity index (χ2n) is 6.26. The van der Waals surface area contributed by atoms with Gasteiger partial charge < -0.3 is 9.30 Å². The van der Waals surface area contributed by atoms with Gasteiger partial charge in [-0.1, -0.05) is 26.3 Å². The van der Waals surface area contributed by atoms with Crippen molar-refractivity contribution in [1.29, 1.82) is 0 Å². The van der Waals surface area contributed by atoms with Crippen LogP contribution in [0.4, 0.5) is 0 Å². The highest BCUT2D eigenvalue weighted by Gasteiger charge is 2.37. The number of nitrogens with zero attached hydrogens (tertiary/aromatic N) is 2. The molecule has 1 unspecified atom stereocenters. The standard InChI is InChI=1S/C16H21ClN2O/c1-16(2)9-5-8-13(16)19-11-6-4-7-12(20-3)15(11)18-14(19)10-17/h4,6-7,13H,5,8-10H2,1-3H3. The summed E-state index contributed by atoms with van der Waals surface area (Å²) in [6.07, 6.45) is 3.71. The fourth-order valence-corrected chi connectivity index (χ4v) is 3.72. The SMILES string of the molecule is COc1cccc2c1nc(CCl)n2C1CCCC1(C)C. The number of benzene rings is 1. The van der Waals surface area contributed by atoms with Gasteiger partial charge in [0.15, 0.2) is 0 Å². The van der Waals surface area contributed by atoms with Gasteiger partial charge in [-0.25, -0.2) is 4.98 Å². The summed E-state index contributed by atoms with van der Waals surface area (Å²) < 4.78 is 7.78. The quantitative estimate of drug-likeness (QED) is 0.777. The molecule has 2 aromatic rings. The number of methoxy groups -OCH3 is 1. The molecule has 3 rings (SSSR count). The lowest BCUT2D eigenvalue weighted by molar-refractivity contribution is 0.262. The van der Waals surface area contributed by atoms with E-state index in [1.54, 1.807) is 7.11 Å². The molecule has 20 heavy (non-hydrogen) atoms. The second kappa shape index (κ2) is 4.96. The number of alkyl halides is 1. The Morgan fingerprint density at radius 3 is 2.85 bits per heavy atom. The monoisotopic (exact) mass is 292 g/mol. The maximum absolute atomic E-state index is 6.15. The first-order valence-corrected chi connectivity index (χ1v) is 7.71. The zero-order chi connectivity index (χ0) is 14.3. The second-order valence-corrected chi connectivity index (χ2v) is 6.52. The van der Waals surface area contributed by atoms with Gasteiger partial charge in [0.1, 0.15) is 17.1 Å². The van der Waals surface area contributed by atoms with Gasteiger partial charge in [0.2, 0.25) is 0 Å². The lowest BCUT2D eigenvalue weighted by Crippen LogP contribution is -2.22. The Morgan fingerprint density at radius 2 is 2.25 bits per heavy atom. The number of imidazole rings is 1. The minimum atomic E-state index is 0.289. The Bertz CT molecular complexity index is 633. The van der Waals surface area contributed by atoms with Crippen LogP contribution in [0.2, 0.25) is 0 Å². The van der Waals surface area contributed by atoms with Gasteiger partial charge in [-0.05, 0) is 30.4 Å². The predicted molar refractivity (Wildman–Crippen MR) is 82.5 cm³/mol. The van der Waals surface area contributed by atoms with Gasteiger partial charge in [-0.3, -0.25) is 0 Å². The first-order chi connectivity index (χ1) is 9.58. The van der Waals surface area contributed by atoms with E-state index >= 15 is 0 Å². The number of ether oxygens (including phenoxy) is 1. The maximum atomic E-state index is 6.15. The van der Waals surface area contributed by atoms with Crippen molar-refractivity contribution < 1.29 is 4.74 Å². The van der Waals surface area contributed by atoms with Crippen LogP contribution in [-0.2, 0) is 5.88 Å². The van der Waals surface area contributed by atoms with Crippen molar-refractivity contribution in [1.82, 2.24) is 9.55 Å². The average Bonchev–Trinajstić information content (AvgIpc) is 2.97. The Balaban J connectivity index is 2.24. The molecule has 0 bridgehead atoms. The highest BCUT2D eigenvalue weighted by Crippen LogP contribution is 2.48. The fraction of sp³-hybridized carbons (Fsp3) is 0.562. The molecule has 0 amide bonds. The van der Waals surface area contributed by atoms with Crippen LogP contribution in [0.15, 0.2) is 18.2 Å². The zero-order valence-electron chi connectivity index (χ0n) is 12.3. The molecule has 0 radical (unpaired) electrons. The van der Waals surface area contributed by atoms with E-state index in [-0.39, 0.29) is 5.41 Å². The largest absolute Gasteiger partial charge is 0.494 e. The van der Waals surface area contributed by atoms with E-state index in [0.717, 1.165) is 22.6 Å². The topological polar surface area (TPSA) is 27.1 Å². The molecule has 1 aromatic heterocycles. The molecule has 108 valence electrons. The van der Waals surface area contributed by atoms with Crippen molar-refractivity contribution in [2.45, 2.75) is 45.0 Å². The third-order valence-corrected chi connectivity index (χ3v) is 4.85. The van der Waals surface area contributed by atoms with Crippen LogP contribution in [0.25, 0.3) is 11.0 Å². The molecule has 1 atom stereocenters. The summed E-state index contributed by atoms with van der Waals surface area (Å²) in [5.74, 6) is 2.21. The number of hydrogen-bond acceptors (Lipinski definition) is 2. The summed E-state index contributed by atoms with van der Waals surface area (Å²) >= 11 is 6.15. The van der Waals surface area contributed by atoms with Gasteiger partial charge in [0, 0.05) is 6.04 Å². The van der Waals surface area contributed by atoms with E-state index in [0.29, 0.717) is 11.9 Å². The van der Waals surface area contributed by atoms with Gasteiger partial charge in [0.25, 0.3) is 0 Å². The molecule has 0 aliphatic heterocycles. The molecule has 0 N–H and O–H groups in total. The molecule has 3 nitrogen and oxygen atoms in total. The van der Waals surface area contributed by atoms with Gasteiger partial charge in [-0.15, -0.1) is 11.6 Å². The molecule has 0 spiro atoms. The van der Waals surface area contributed by atoms with E-state index in [9.17, 15) is 0 Å². The number of para-hydroxylation sites is 1. The van der Waals surface area contributed by atoms with E-state index < -0.39 is 0 Å². The summed E-state index contributed by atoms with van der Waals surface area (Å²) in [6, 6.07) is 6.57. The van der Waals surface area contributed by atoms with E-state index in [1.807, 2.05) is 12.1 Å². The van der Waals surface area contributed by atoms with Gasteiger partial charge >= 0.3 is 0 Å². The lowest BCUT2D eigenvalue weighted by Gasteiger charge is -2.30. The number of aromatic nitrogens is 2. The van der Waals surface area contributed by atoms with Gasteiger partial charge in [-0.2, -0.15) is 0 Å². The summed E-state index contributed by atoms with van der Waals surface area (Å²) in [4.78, 5) is 4.72. The van der Waals surface area contributed by atoms with Crippen molar-refractivity contribution in [3.05, 3.63) is 24.0 Å². The molecular weight excluding hydrogens is 272 g/mol. The number of fused-ring (bicyclic) bond motifs is 1. The summed E-state index contributed by atoms with van der Waals surface area (Å²) in [5, 5.41) is 0. The van der Waals surface area contributed by atoms with Crippen LogP contribution < -0.4 is 4.74 Å². The minimum absolute atomic E-state index is 0.289. The maximum Gasteiger partial charge on any atom is 0.146 e. The van der Waals surface area contributed by atoms with Crippen molar-refractivity contribution in [2.75, 3.05) is 7.11 Å². The molecule has 1 aliphatic carbocycles. The zero-order valence-corrected chi connectivity index (χ0v) is 13.1. The van der Waals surface area contributed by atoms with Crippen molar-refractivity contribution in [2.24, 2.45) is 5.41 Å². The molecular formula is C16H21ClN2O. The molecule has 1 aliphatic rings. The van der Waals surface area contributed by atoms with Crippen LogP contribution in [0, 0.1) is 5.41 Å². The average molecular weight is 293 g/mol. The van der Waals surface area contributed by atoms with E-state index in [1.165, 1.54) is 19.3 Å². The molecule has 1 heterocycles. The van der Waals surface area contributed by atoms with E-state index in [4.69, 9.17) is 21.3 Å². The summed E-state index contributed by atoms with van der Waals surface area (Å²) in [7, 11) is 1.69. The van der Waals surface area contributed by atoms with Crippen LogP contribution >= 0.6 is 11.6 Å². The molecule has 1 aromatic carbocycles. The third-order valence-electron chi connectivity index (χ3n) is 4.61. The third kappa shape index (κ3) is 1.99. The Hall–Kier alpha value is -1.22. The van der Waals surface area contributed by atoms with Crippen molar-refractivity contribution in [3.63, 3.8) is 0 Å². The normalized spacial score (nSPS) is 21.5. The van der Waals surface area contributed by atoms with E-state index in [2.05, 4.69) is 24.5 Å². The number of halogens is 1. The first-order valence-electron chi connectivity index (χ1n) is 7.18. The Kier molecular flexibility index (Phi) is 3.41. The van der Waals surface area contributed by atoms with Crippen molar-refractivity contribution in [3.8, 4) is 5.75 Å². The minimum Gasteiger partial charge on any atom is -0.494 e. The summed E-state index contributed by atoms with van der Waals surface area (Å²) in [5.41, 5.74) is 2.35. The fourth-order valence-electron chi connectivity index (χ4n) is 3.53. The Morgan fingerprint density at radius 1 is 1.45 bits per heavy atom. The van der Waals surface area contributed by atoms with Crippen molar-refractivity contribution >= 4 is 22.6 Å². The number of hydrogen-bond donors (Lipinski definition) is 0. The van der Waals surface area contributed by atoms with Crippen LogP contribution in [-0.4, -0.2) is 16.7 Å². The highest BCUT2D eigenvalue weighted by atomic mass is 35.5. The Labute approximate surface area is 124 Å². The summed E-state index contributed by atoms with van der Waals surface area (Å²) in [6.45, 7) is 4.68. The number of rotatable bonds is 3. The molecule has 4 heteroatoms. The van der Waals surface area contributed by atoms with Crippen LogP contribution in [0.1, 0.15) is 45.0 Å². The first kappa shape index (κ1) is 13.7. The lowest BCUT2D eigenvalue weighted by atomic mass is 9.87.